The van der Waals surface area contributed by atoms with Crippen LogP contribution in [0.4, 0.5) is 4.79 Å². The molecule has 102 valence electrons. The molecule has 0 aromatic carbocycles. The Morgan fingerprint density at radius 1 is 1.29 bits per heavy atom. The molecule has 6 heteroatoms. The maximum Gasteiger partial charge on any atom is 0.317 e. The third kappa shape index (κ3) is 6.10. The lowest BCUT2D eigenvalue weighted by Crippen LogP contribution is -2.52. The molecule has 1 heterocycles. The lowest BCUT2D eigenvalue weighted by atomic mass is 10.3. The molecule has 1 aliphatic heterocycles. The van der Waals surface area contributed by atoms with Gasteiger partial charge in [-0.15, -0.1) is 12.4 Å². The molecular weight excluding hydrogens is 242 g/mol. The zero-order chi connectivity index (χ0) is 11.8. The zero-order valence-corrected chi connectivity index (χ0v) is 11.3. The van der Waals surface area contributed by atoms with Gasteiger partial charge in [0.05, 0.1) is 6.61 Å². The number of halogens is 1. The number of urea groups is 1. The lowest BCUT2D eigenvalue weighted by Gasteiger charge is -2.34. The molecule has 0 aliphatic carbocycles. The van der Waals surface area contributed by atoms with E-state index in [4.69, 9.17) is 5.11 Å². The third-order valence-electron chi connectivity index (χ3n) is 2.88. The second-order valence-corrected chi connectivity index (χ2v) is 4.14. The first kappa shape index (κ1) is 16.5. The highest BCUT2D eigenvalue weighted by Gasteiger charge is 2.19. The highest BCUT2D eigenvalue weighted by molar-refractivity contribution is 5.85. The van der Waals surface area contributed by atoms with Crippen LogP contribution in [0.3, 0.4) is 0 Å². The fourth-order valence-electron chi connectivity index (χ4n) is 1.80. The predicted octanol–water partition coefficient (Wildman–Crippen LogP) is 0.528. The van der Waals surface area contributed by atoms with E-state index in [9.17, 15) is 4.79 Å². The van der Waals surface area contributed by atoms with Crippen LogP contribution in [-0.2, 0) is 0 Å². The molecule has 5 nitrogen and oxygen atoms in total. The van der Waals surface area contributed by atoms with Crippen molar-refractivity contribution < 1.29 is 9.90 Å². The summed E-state index contributed by atoms with van der Waals surface area (Å²) in [7, 11) is 0. The average molecular weight is 266 g/mol. The Hall–Kier alpha value is -0.520. The summed E-state index contributed by atoms with van der Waals surface area (Å²) in [5.74, 6) is 0. The molecule has 1 rings (SSSR count). The summed E-state index contributed by atoms with van der Waals surface area (Å²) >= 11 is 0. The second kappa shape index (κ2) is 9.50. The molecule has 1 aliphatic rings. The van der Waals surface area contributed by atoms with E-state index in [0.29, 0.717) is 6.54 Å². The molecule has 0 aromatic heterocycles. The number of carbonyl (C=O) groups is 1. The Bertz CT molecular complexity index is 209. The van der Waals surface area contributed by atoms with Gasteiger partial charge in [-0.1, -0.05) is 13.3 Å². The molecule has 0 saturated carbocycles. The van der Waals surface area contributed by atoms with Crippen molar-refractivity contribution in [3.05, 3.63) is 0 Å². The van der Waals surface area contributed by atoms with Crippen LogP contribution >= 0.6 is 12.4 Å². The quantitative estimate of drug-likeness (QED) is 0.713. The Kier molecular flexibility index (Phi) is 9.21. The fourth-order valence-corrected chi connectivity index (χ4v) is 1.80. The van der Waals surface area contributed by atoms with Gasteiger partial charge in [0, 0.05) is 39.3 Å². The number of hydrogen-bond acceptors (Lipinski definition) is 3. The molecule has 17 heavy (non-hydrogen) atoms. The summed E-state index contributed by atoms with van der Waals surface area (Å²) in [6, 6.07) is 0.0529. The Balaban J connectivity index is 0.00000256. The van der Waals surface area contributed by atoms with Crippen molar-refractivity contribution in [3.8, 4) is 0 Å². The van der Waals surface area contributed by atoms with E-state index in [1.165, 1.54) is 0 Å². The van der Waals surface area contributed by atoms with Gasteiger partial charge in [0.2, 0.25) is 0 Å². The number of rotatable bonds is 5. The molecule has 1 fully saturated rings. The molecule has 2 amide bonds. The first-order valence-corrected chi connectivity index (χ1v) is 6.14. The summed E-state index contributed by atoms with van der Waals surface area (Å²) in [5, 5.41) is 11.7. The van der Waals surface area contributed by atoms with Crippen molar-refractivity contribution in [3.63, 3.8) is 0 Å². The zero-order valence-electron chi connectivity index (χ0n) is 10.5. The minimum absolute atomic E-state index is 0. The van der Waals surface area contributed by atoms with Crippen molar-refractivity contribution >= 4 is 18.4 Å². The third-order valence-corrected chi connectivity index (χ3v) is 2.88. The molecule has 0 aromatic rings. The Morgan fingerprint density at radius 2 is 1.94 bits per heavy atom. The SMILES string of the molecule is CCCCNC(=O)N1CCN(CCO)CC1.Cl. The van der Waals surface area contributed by atoms with Crippen LogP contribution in [0.25, 0.3) is 0 Å². The second-order valence-electron chi connectivity index (χ2n) is 4.14. The number of nitrogens with one attached hydrogen (secondary N) is 1. The fraction of sp³-hybridized carbons (Fsp3) is 0.909. The van der Waals surface area contributed by atoms with Crippen LogP contribution in [0.5, 0.6) is 0 Å². The predicted molar refractivity (Wildman–Crippen MR) is 70.7 cm³/mol. The van der Waals surface area contributed by atoms with E-state index in [0.717, 1.165) is 45.6 Å². The monoisotopic (exact) mass is 265 g/mol. The van der Waals surface area contributed by atoms with Gasteiger partial charge in [-0.05, 0) is 6.42 Å². The number of unbranched alkanes of at least 4 members (excludes halogenated alkanes) is 1. The van der Waals surface area contributed by atoms with Gasteiger partial charge in [0.15, 0.2) is 0 Å². The number of carbonyl (C=O) groups excluding carboxylic acids is 1. The van der Waals surface area contributed by atoms with E-state index < -0.39 is 0 Å². The first-order valence-electron chi connectivity index (χ1n) is 6.14. The van der Waals surface area contributed by atoms with Gasteiger partial charge >= 0.3 is 6.03 Å². The summed E-state index contributed by atoms with van der Waals surface area (Å²) in [4.78, 5) is 15.7. The van der Waals surface area contributed by atoms with Crippen molar-refractivity contribution in [2.45, 2.75) is 19.8 Å². The standard InChI is InChI=1S/C11H23N3O2.ClH/c1-2-3-4-12-11(16)14-7-5-13(6-8-14)9-10-15;/h15H,2-10H2,1H3,(H,12,16);1H. The van der Waals surface area contributed by atoms with Crippen molar-refractivity contribution in [1.29, 1.82) is 0 Å². The maximum atomic E-state index is 11.7. The van der Waals surface area contributed by atoms with Gasteiger partial charge in [-0.3, -0.25) is 4.90 Å². The minimum Gasteiger partial charge on any atom is -0.395 e. The Labute approximate surface area is 110 Å². The van der Waals surface area contributed by atoms with Crippen molar-refractivity contribution in [2.24, 2.45) is 0 Å². The summed E-state index contributed by atoms with van der Waals surface area (Å²) in [6.07, 6.45) is 2.14. The van der Waals surface area contributed by atoms with E-state index >= 15 is 0 Å². The van der Waals surface area contributed by atoms with Crippen LogP contribution in [0.15, 0.2) is 0 Å². The molecule has 0 unspecified atom stereocenters. The van der Waals surface area contributed by atoms with Crippen molar-refractivity contribution in [2.75, 3.05) is 45.9 Å². The first-order chi connectivity index (χ1) is 7.77. The number of amides is 2. The maximum absolute atomic E-state index is 11.7. The van der Waals surface area contributed by atoms with Crippen LogP contribution in [0.1, 0.15) is 19.8 Å². The molecular formula is C11H24ClN3O2. The van der Waals surface area contributed by atoms with Crippen LogP contribution in [0.2, 0.25) is 0 Å². The number of aliphatic hydroxyl groups is 1. The summed E-state index contributed by atoms with van der Waals surface area (Å²) in [5.41, 5.74) is 0. The molecule has 0 radical (unpaired) electrons. The van der Waals surface area contributed by atoms with Crippen LogP contribution < -0.4 is 5.32 Å². The topological polar surface area (TPSA) is 55.8 Å². The highest BCUT2D eigenvalue weighted by Crippen LogP contribution is 2.01. The number of hydrogen-bond donors (Lipinski definition) is 2. The van der Waals surface area contributed by atoms with Crippen LogP contribution in [-0.4, -0.2) is 66.8 Å². The highest BCUT2D eigenvalue weighted by atomic mass is 35.5. The molecule has 2 N–H and O–H groups in total. The van der Waals surface area contributed by atoms with Crippen LogP contribution in [0, 0.1) is 0 Å². The van der Waals surface area contributed by atoms with Gasteiger partial charge in [0.25, 0.3) is 0 Å². The number of β-amino-alcohol motifs (C(OH)–C–C–N with tert-alkyl or cyclic N) is 1. The number of aliphatic hydroxyl groups excluding tert-OH is 1. The molecule has 1 saturated heterocycles. The minimum atomic E-state index is 0. The average Bonchev–Trinajstić information content (AvgIpc) is 2.30. The number of nitrogens with zero attached hydrogens (tertiary/aromatic N) is 2. The van der Waals surface area contributed by atoms with E-state index in [-0.39, 0.29) is 25.0 Å². The molecule has 0 bridgehead atoms. The van der Waals surface area contributed by atoms with E-state index in [1.807, 2.05) is 4.90 Å². The Morgan fingerprint density at radius 3 is 2.47 bits per heavy atom. The van der Waals surface area contributed by atoms with Gasteiger partial charge in [0.1, 0.15) is 0 Å². The smallest absolute Gasteiger partial charge is 0.317 e. The molecule has 0 spiro atoms. The van der Waals surface area contributed by atoms with Crippen molar-refractivity contribution in [1.82, 2.24) is 15.1 Å². The number of piperazine rings is 1. The summed E-state index contributed by atoms with van der Waals surface area (Å²) in [6.45, 7) is 7.04. The normalized spacial score (nSPS) is 16.5. The van der Waals surface area contributed by atoms with Gasteiger partial charge < -0.3 is 15.3 Å². The molecule has 0 atom stereocenters. The largest absolute Gasteiger partial charge is 0.395 e. The van der Waals surface area contributed by atoms with Gasteiger partial charge in [-0.25, -0.2) is 4.79 Å². The summed E-state index contributed by atoms with van der Waals surface area (Å²) < 4.78 is 0. The van der Waals surface area contributed by atoms with Gasteiger partial charge in [-0.2, -0.15) is 0 Å². The van der Waals surface area contributed by atoms with E-state index in [1.54, 1.807) is 0 Å². The lowest BCUT2D eigenvalue weighted by molar-refractivity contribution is 0.122. The van der Waals surface area contributed by atoms with E-state index in [2.05, 4.69) is 17.1 Å².